The number of anilines is 2. The van der Waals surface area contributed by atoms with E-state index in [0.717, 1.165) is 0 Å². The van der Waals surface area contributed by atoms with Gasteiger partial charge in [-0.05, 0) is 23.8 Å². The molecular formula is C14H12ClFN2O. The van der Waals surface area contributed by atoms with Crippen molar-refractivity contribution in [1.29, 1.82) is 0 Å². The molecule has 0 aliphatic heterocycles. The van der Waals surface area contributed by atoms with Gasteiger partial charge in [0.1, 0.15) is 0 Å². The van der Waals surface area contributed by atoms with Crippen LogP contribution in [-0.4, -0.2) is 5.91 Å². The first-order valence-corrected chi connectivity index (χ1v) is 6.03. The Morgan fingerprint density at radius 3 is 2.68 bits per heavy atom. The van der Waals surface area contributed by atoms with Gasteiger partial charge in [-0.25, -0.2) is 4.39 Å². The van der Waals surface area contributed by atoms with Crippen molar-refractivity contribution in [2.75, 3.05) is 11.1 Å². The normalized spacial score (nSPS) is 10.2. The van der Waals surface area contributed by atoms with E-state index in [1.807, 2.05) is 0 Å². The number of hydrogen-bond donors (Lipinski definition) is 2. The number of nitrogen functional groups attached to an aromatic ring is 1. The number of carbonyl (C=O) groups is 1. The first-order valence-electron chi connectivity index (χ1n) is 5.65. The maximum absolute atomic E-state index is 13.6. The van der Waals surface area contributed by atoms with Crippen molar-refractivity contribution in [1.82, 2.24) is 0 Å². The zero-order valence-electron chi connectivity index (χ0n) is 9.99. The number of carbonyl (C=O) groups excluding carboxylic acids is 1. The van der Waals surface area contributed by atoms with Crippen LogP contribution in [0.3, 0.4) is 0 Å². The number of hydrogen-bond acceptors (Lipinski definition) is 2. The number of rotatable bonds is 3. The minimum atomic E-state index is -0.640. The van der Waals surface area contributed by atoms with Crippen LogP contribution < -0.4 is 11.1 Å². The summed E-state index contributed by atoms with van der Waals surface area (Å²) in [6, 6.07) is 11.5. The summed E-state index contributed by atoms with van der Waals surface area (Å²) >= 11 is 5.64. The van der Waals surface area contributed by atoms with Crippen molar-refractivity contribution < 1.29 is 9.18 Å². The molecule has 0 spiro atoms. The van der Waals surface area contributed by atoms with E-state index in [9.17, 15) is 9.18 Å². The second-order valence-corrected chi connectivity index (χ2v) is 4.43. The van der Waals surface area contributed by atoms with Gasteiger partial charge in [-0.2, -0.15) is 0 Å². The number of nitrogens with one attached hydrogen (secondary N) is 1. The fraction of sp³-hybridized carbons (Fsp3) is 0.0714. The second kappa shape index (κ2) is 5.71. The van der Waals surface area contributed by atoms with Crippen LogP contribution in [-0.2, 0) is 11.2 Å². The lowest BCUT2D eigenvalue weighted by Crippen LogP contribution is -2.16. The molecule has 0 aliphatic carbocycles. The van der Waals surface area contributed by atoms with Gasteiger partial charge in [0.05, 0.1) is 17.1 Å². The molecule has 2 aromatic carbocycles. The van der Waals surface area contributed by atoms with Gasteiger partial charge in [0.25, 0.3) is 0 Å². The Kier molecular flexibility index (Phi) is 4.02. The highest BCUT2D eigenvalue weighted by atomic mass is 35.5. The molecule has 1 amide bonds. The Morgan fingerprint density at radius 1 is 1.21 bits per heavy atom. The predicted molar refractivity (Wildman–Crippen MR) is 74.6 cm³/mol. The highest BCUT2D eigenvalue weighted by molar-refractivity contribution is 6.31. The molecule has 5 heteroatoms. The van der Waals surface area contributed by atoms with Gasteiger partial charge in [0, 0.05) is 5.69 Å². The minimum Gasteiger partial charge on any atom is -0.398 e. The topological polar surface area (TPSA) is 55.1 Å². The molecule has 0 aromatic heterocycles. The molecule has 0 bridgehead atoms. The molecule has 0 fully saturated rings. The standard InChI is InChI=1S/C14H12ClFN2O/c15-10-5-3-7-12(14(10)16)18-13(19)8-9-4-1-2-6-11(9)17/h1-7H,8,17H2,(H,18,19). The molecule has 0 saturated heterocycles. The monoisotopic (exact) mass is 278 g/mol. The average Bonchev–Trinajstić information content (AvgIpc) is 2.38. The third-order valence-electron chi connectivity index (χ3n) is 2.63. The Hall–Kier alpha value is -2.07. The van der Waals surface area contributed by atoms with E-state index in [2.05, 4.69) is 5.32 Å². The molecule has 2 aromatic rings. The van der Waals surface area contributed by atoms with E-state index in [1.165, 1.54) is 12.1 Å². The quantitative estimate of drug-likeness (QED) is 0.847. The third-order valence-corrected chi connectivity index (χ3v) is 2.92. The van der Waals surface area contributed by atoms with E-state index in [0.29, 0.717) is 11.3 Å². The van der Waals surface area contributed by atoms with Crippen LogP contribution in [0.15, 0.2) is 42.5 Å². The maximum Gasteiger partial charge on any atom is 0.228 e. The first-order chi connectivity index (χ1) is 9.08. The van der Waals surface area contributed by atoms with Gasteiger partial charge in [0.2, 0.25) is 5.91 Å². The number of para-hydroxylation sites is 1. The van der Waals surface area contributed by atoms with Crippen molar-refractivity contribution in [2.45, 2.75) is 6.42 Å². The fourth-order valence-electron chi connectivity index (χ4n) is 1.66. The summed E-state index contributed by atoms with van der Waals surface area (Å²) in [6.07, 6.45) is 0.0820. The first kappa shape index (κ1) is 13.4. The van der Waals surface area contributed by atoms with Crippen LogP contribution in [0.4, 0.5) is 15.8 Å². The van der Waals surface area contributed by atoms with Crippen molar-refractivity contribution in [3.63, 3.8) is 0 Å². The number of amides is 1. The lowest BCUT2D eigenvalue weighted by molar-refractivity contribution is -0.115. The molecule has 0 radical (unpaired) electrons. The average molecular weight is 279 g/mol. The Morgan fingerprint density at radius 2 is 1.95 bits per heavy atom. The van der Waals surface area contributed by atoms with Crippen molar-refractivity contribution >= 4 is 28.9 Å². The molecule has 3 nitrogen and oxygen atoms in total. The molecule has 2 rings (SSSR count). The van der Waals surface area contributed by atoms with Gasteiger partial charge in [-0.1, -0.05) is 35.9 Å². The van der Waals surface area contributed by atoms with Gasteiger partial charge in [0.15, 0.2) is 5.82 Å². The summed E-state index contributed by atoms with van der Waals surface area (Å²) in [7, 11) is 0. The summed E-state index contributed by atoms with van der Waals surface area (Å²) in [5.74, 6) is -0.988. The summed E-state index contributed by atoms with van der Waals surface area (Å²) < 4.78 is 13.6. The van der Waals surface area contributed by atoms with Crippen LogP contribution in [0.5, 0.6) is 0 Å². The molecule has 0 unspecified atom stereocenters. The van der Waals surface area contributed by atoms with E-state index >= 15 is 0 Å². The van der Waals surface area contributed by atoms with Gasteiger partial charge < -0.3 is 11.1 Å². The summed E-state index contributed by atoms with van der Waals surface area (Å²) in [6.45, 7) is 0. The highest BCUT2D eigenvalue weighted by Crippen LogP contribution is 2.22. The lowest BCUT2D eigenvalue weighted by atomic mass is 10.1. The number of nitrogens with two attached hydrogens (primary N) is 1. The van der Waals surface area contributed by atoms with Crippen LogP contribution in [0.1, 0.15) is 5.56 Å². The van der Waals surface area contributed by atoms with Gasteiger partial charge in [-0.15, -0.1) is 0 Å². The van der Waals surface area contributed by atoms with Crippen molar-refractivity contribution in [2.24, 2.45) is 0 Å². The largest absolute Gasteiger partial charge is 0.398 e. The van der Waals surface area contributed by atoms with Crippen LogP contribution in [0.2, 0.25) is 5.02 Å². The Balaban J connectivity index is 2.10. The Labute approximate surface area is 115 Å². The van der Waals surface area contributed by atoms with Gasteiger partial charge in [-0.3, -0.25) is 4.79 Å². The zero-order valence-corrected chi connectivity index (χ0v) is 10.7. The van der Waals surface area contributed by atoms with E-state index < -0.39 is 5.82 Å². The third kappa shape index (κ3) is 3.23. The minimum absolute atomic E-state index is 0.0305. The van der Waals surface area contributed by atoms with E-state index in [1.54, 1.807) is 30.3 Å². The molecule has 19 heavy (non-hydrogen) atoms. The highest BCUT2D eigenvalue weighted by Gasteiger charge is 2.11. The van der Waals surface area contributed by atoms with Crippen molar-refractivity contribution in [3.8, 4) is 0 Å². The second-order valence-electron chi connectivity index (χ2n) is 4.03. The molecule has 3 N–H and O–H groups in total. The molecule has 0 aliphatic rings. The van der Waals surface area contributed by atoms with Crippen LogP contribution >= 0.6 is 11.6 Å². The molecule has 0 saturated carbocycles. The summed E-state index contributed by atoms with van der Waals surface area (Å²) in [5, 5.41) is 2.44. The zero-order chi connectivity index (χ0) is 13.8. The number of halogens is 2. The van der Waals surface area contributed by atoms with E-state index in [-0.39, 0.29) is 23.0 Å². The van der Waals surface area contributed by atoms with E-state index in [4.69, 9.17) is 17.3 Å². The van der Waals surface area contributed by atoms with Crippen molar-refractivity contribution in [3.05, 3.63) is 58.9 Å². The van der Waals surface area contributed by atoms with Crippen LogP contribution in [0, 0.1) is 5.82 Å². The molecule has 0 atom stereocenters. The predicted octanol–water partition coefficient (Wildman–Crippen LogP) is 3.24. The molecular weight excluding hydrogens is 267 g/mol. The summed E-state index contributed by atoms with van der Waals surface area (Å²) in [4.78, 5) is 11.8. The van der Waals surface area contributed by atoms with Gasteiger partial charge >= 0.3 is 0 Å². The number of benzene rings is 2. The summed E-state index contributed by atoms with van der Waals surface area (Å²) in [5.41, 5.74) is 7.03. The molecule has 0 heterocycles. The molecule has 98 valence electrons. The SMILES string of the molecule is Nc1ccccc1CC(=O)Nc1cccc(Cl)c1F. The smallest absolute Gasteiger partial charge is 0.228 e. The Bertz CT molecular complexity index is 616. The lowest BCUT2D eigenvalue weighted by Gasteiger charge is -2.08. The fourth-order valence-corrected chi connectivity index (χ4v) is 1.84. The maximum atomic E-state index is 13.6. The van der Waals surface area contributed by atoms with Crippen LogP contribution in [0.25, 0.3) is 0 Å².